The molecular weight excluding hydrogens is 366 g/mol. The second-order valence-corrected chi connectivity index (χ2v) is 5.11. The zero-order valence-corrected chi connectivity index (χ0v) is 13.9. The number of nitrogens with two attached hydrogens (primary N) is 3. The van der Waals surface area contributed by atoms with Gasteiger partial charge >= 0.3 is 0 Å². The summed E-state index contributed by atoms with van der Waals surface area (Å²) >= 11 is 3.43. The number of hydrogen-bond acceptors (Lipinski definition) is 8. The molecule has 0 aliphatic carbocycles. The molecule has 7 N–H and O–H groups in total. The number of anilines is 1. The van der Waals surface area contributed by atoms with Gasteiger partial charge in [0.1, 0.15) is 23.6 Å². The lowest BCUT2D eigenvalue weighted by Crippen LogP contribution is -2.35. The van der Waals surface area contributed by atoms with Crippen LogP contribution in [0.4, 0.5) is 5.82 Å². The molecule has 1 heterocycles. The molecule has 0 aliphatic heterocycles. The fourth-order valence-electron chi connectivity index (χ4n) is 1.93. The van der Waals surface area contributed by atoms with Crippen LogP contribution in [-0.2, 0) is 0 Å². The van der Waals surface area contributed by atoms with Crippen molar-refractivity contribution >= 4 is 38.5 Å². The van der Waals surface area contributed by atoms with Crippen LogP contribution in [0.25, 0.3) is 10.9 Å². The number of nitrogen functional groups attached to an aromatic ring is 1. The SMILES string of the molecule is C=C[C@H](Oc1cc(OC)c(Br)c2ncnc(N)c12)/C(N)=N/NN. The number of rotatable bonds is 6. The van der Waals surface area contributed by atoms with E-state index >= 15 is 0 Å². The number of fused-ring (bicyclic) bond motifs is 1. The number of hydrazone groups is 1. The lowest BCUT2D eigenvalue weighted by Gasteiger charge is -2.18. The van der Waals surface area contributed by atoms with Crippen molar-refractivity contribution < 1.29 is 9.47 Å². The molecule has 0 bridgehead atoms. The van der Waals surface area contributed by atoms with Crippen LogP contribution >= 0.6 is 15.9 Å². The molecule has 2 rings (SSSR count). The summed E-state index contributed by atoms with van der Waals surface area (Å²) in [6.07, 6.45) is 2.08. The average molecular weight is 382 g/mol. The van der Waals surface area contributed by atoms with Crippen molar-refractivity contribution in [3.8, 4) is 11.5 Å². The first kappa shape index (κ1) is 16.8. The summed E-state index contributed by atoms with van der Waals surface area (Å²) < 4.78 is 11.8. The predicted octanol–water partition coefficient (Wildman–Crippen LogP) is 0.652. The van der Waals surface area contributed by atoms with E-state index in [0.717, 1.165) is 0 Å². The highest BCUT2D eigenvalue weighted by atomic mass is 79.9. The predicted molar refractivity (Wildman–Crippen MR) is 91.8 cm³/mol. The van der Waals surface area contributed by atoms with Crippen molar-refractivity contribution in [2.75, 3.05) is 12.8 Å². The maximum Gasteiger partial charge on any atom is 0.175 e. The number of methoxy groups -OCH3 is 1. The molecule has 2 aromatic rings. The minimum Gasteiger partial charge on any atom is -0.495 e. The number of aromatic nitrogens is 2. The highest BCUT2D eigenvalue weighted by Gasteiger charge is 2.20. The zero-order chi connectivity index (χ0) is 17.0. The second-order valence-electron chi connectivity index (χ2n) is 4.31. The Bertz CT molecular complexity index is 766. The van der Waals surface area contributed by atoms with Gasteiger partial charge in [-0.15, -0.1) is 5.10 Å². The van der Waals surface area contributed by atoms with Gasteiger partial charge in [0, 0.05) is 6.07 Å². The van der Waals surface area contributed by atoms with E-state index < -0.39 is 6.10 Å². The molecule has 0 amide bonds. The van der Waals surface area contributed by atoms with E-state index in [2.05, 4.69) is 43.1 Å². The first-order valence-electron chi connectivity index (χ1n) is 6.38. The van der Waals surface area contributed by atoms with Crippen LogP contribution in [0.1, 0.15) is 0 Å². The number of hydrogen-bond donors (Lipinski definition) is 4. The van der Waals surface area contributed by atoms with E-state index in [1.807, 2.05) is 0 Å². The van der Waals surface area contributed by atoms with Gasteiger partial charge in [0.15, 0.2) is 11.9 Å². The number of nitrogens with one attached hydrogen (secondary N) is 1. The standard InChI is InChI=1S/C13H16BrN7O2/c1-3-6(12(15)20-21-17)23-7-4-8(22-2)10(14)11-9(7)13(16)19-5-18-11/h3-6,21H,1,17H2,2H3,(H2,15,20)(H2,16,18,19)/t6-/m0/s1. The van der Waals surface area contributed by atoms with Crippen LogP contribution in [0.3, 0.4) is 0 Å². The van der Waals surface area contributed by atoms with E-state index in [1.165, 1.54) is 19.5 Å². The van der Waals surface area contributed by atoms with Crippen molar-refractivity contribution in [2.24, 2.45) is 16.7 Å². The molecule has 23 heavy (non-hydrogen) atoms. The van der Waals surface area contributed by atoms with Gasteiger partial charge in [-0.05, 0) is 22.0 Å². The Morgan fingerprint density at radius 2 is 2.22 bits per heavy atom. The molecule has 1 aromatic heterocycles. The van der Waals surface area contributed by atoms with E-state index in [-0.39, 0.29) is 11.7 Å². The normalized spacial score (nSPS) is 12.7. The maximum absolute atomic E-state index is 5.96. The number of ether oxygens (including phenoxy) is 2. The molecule has 0 saturated heterocycles. The second kappa shape index (κ2) is 7.11. The highest BCUT2D eigenvalue weighted by Crippen LogP contribution is 2.40. The Morgan fingerprint density at radius 1 is 1.48 bits per heavy atom. The summed E-state index contributed by atoms with van der Waals surface area (Å²) in [5, 5.41) is 4.19. The molecule has 0 aliphatic rings. The minimum atomic E-state index is -0.736. The molecule has 122 valence electrons. The molecule has 1 aromatic carbocycles. The Labute approximate surface area is 140 Å². The van der Waals surface area contributed by atoms with Crippen LogP contribution in [0.5, 0.6) is 11.5 Å². The number of amidine groups is 1. The quantitative estimate of drug-likeness (QED) is 0.187. The summed E-state index contributed by atoms with van der Waals surface area (Å²) in [5.41, 5.74) is 14.4. The van der Waals surface area contributed by atoms with Gasteiger partial charge in [-0.25, -0.2) is 21.3 Å². The van der Waals surface area contributed by atoms with Crippen LogP contribution in [0.15, 0.2) is 34.6 Å². The number of nitrogens with zero attached hydrogens (tertiary/aromatic N) is 3. The fourth-order valence-corrected chi connectivity index (χ4v) is 2.50. The number of halogens is 1. The van der Waals surface area contributed by atoms with Crippen molar-refractivity contribution in [3.63, 3.8) is 0 Å². The molecule has 1 atom stereocenters. The Kier molecular flexibility index (Phi) is 5.19. The summed E-state index contributed by atoms with van der Waals surface area (Å²) in [7, 11) is 1.53. The molecule has 0 saturated carbocycles. The third-order valence-corrected chi connectivity index (χ3v) is 3.75. The monoisotopic (exact) mass is 381 g/mol. The van der Waals surface area contributed by atoms with Gasteiger partial charge in [0.25, 0.3) is 0 Å². The van der Waals surface area contributed by atoms with Crippen LogP contribution in [-0.4, -0.2) is 29.0 Å². The number of benzene rings is 1. The van der Waals surface area contributed by atoms with E-state index in [4.69, 9.17) is 26.8 Å². The van der Waals surface area contributed by atoms with Gasteiger partial charge in [0.2, 0.25) is 0 Å². The molecule has 0 radical (unpaired) electrons. The first-order chi connectivity index (χ1) is 11.0. The van der Waals surface area contributed by atoms with Gasteiger partial charge in [-0.2, -0.15) is 0 Å². The summed E-state index contributed by atoms with van der Waals surface area (Å²) in [5.74, 6) is 6.35. The zero-order valence-electron chi connectivity index (χ0n) is 12.3. The van der Waals surface area contributed by atoms with Crippen LogP contribution in [0.2, 0.25) is 0 Å². The Balaban J connectivity index is 2.61. The van der Waals surface area contributed by atoms with Crippen molar-refractivity contribution in [1.29, 1.82) is 0 Å². The smallest absolute Gasteiger partial charge is 0.175 e. The van der Waals surface area contributed by atoms with Gasteiger partial charge < -0.3 is 20.9 Å². The van der Waals surface area contributed by atoms with E-state index in [1.54, 1.807) is 6.07 Å². The maximum atomic E-state index is 5.96. The molecular formula is C13H16BrN7O2. The van der Waals surface area contributed by atoms with E-state index in [9.17, 15) is 0 Å². The number of hydrazine groups is 1. The molecule has 9 nitrogen and oxygen atoms in total. The minimum absolute atomic E-state index is 0.0907. The molecule has 10 heteroatoms. The topological polar surface area (TPSA) is 147 Å². The average Bonchev–Trinajstić information content (AvgIpc) is 2.54. The van der Waals surface area contributed by atoms with Gasteiger partial charge in [0.05, 0.1) is 22.5 Å². The van der Waals surface area contributed by atoms with Crippen molar-refractivity contribution in [1.82, 2.24) is 15.5 Å². The molecule has 0 spiro atoms. The van der Waals surface area contributed by atoms with Gasteiger partial charge in [-0.3, -0.25) is 0 Å². The van der Waals surface area contributed by atoms with Crippen molar-refractivity contribution in [2.45, 2.75) is 6.10 Å². The van der Waals surface area contributed by atoms with Crippen molar-refractivity contribution in [3.05, 3.63) is 29.5 Å². The lowest BCUT2D eigenvalue weighted by atomic mass is 10.2. The Morgan fingerprint density at radius 3 is 2.83 bits per heavy atom. The fraction of sp³-hybridized carbons (Fsp3) is 0.154. The third kappa shape index (κ3) is 3.27. The van der Waals surface area contributed by atoms with Crippen LogP contribution < -0.4 is 32.3 Å². The lowest BCUT2D eigenvalue weighted by molar-refractivity contribution is 0.311. The summed E-state index contributed by atoms with van der Waals surface area (Å²) in [4.78, 5) is 8.19. The highest BCUT2D eigenvalue weighted by molar-refractivity contribution is 9.10. The first-order valence-corrected chi connectivity index (χ1v) is 7.17. The molecule has 0 fully saturated rings. The summed E-state index contributed by atoms with van der Waals surface area (Å²) in [6.45, 7) is 3.67. The largest absolute Gasteiger partial charge is 0.495 e. The van der Waals surface area contributed by atoms with E-state index in [0.29, 0.717) is 26.9 Å². The van der Waals surface area contributed by atoms with Crippen LogP contribution in [0, 0.1) is 0 Å². The molecule has 0 unspecified atom stereocenters. The Hall–Kier alpha value is -2.59. The van der Waals surface area contributed by atoms with Gasteiger partial charge in [-0.1, -0.05) is 6.58 Å². The summed E-state index contributed by atoms with van der Waals surface area (Å²) in [6, 6.07) is 1.64. The third-order valence-electron chi connectivity index (χ3n) is 2.98.